The number of esters is 1. The Balaban J connectivity index is 1.81. The molecule has 0 aromatic rings. The van der Waals surface area contributed by atoms with Gasteiger partial charge in [-0.3, -0.25) is 0 Å². The monoisotopic (exact) mass is 664 g/mol. The predicted octanol–water partition coefficient (Wildman–Crippen LogP) is 1.78. The van der Waals surface area contributed by atoms with Crippen LogP contribution in [0.1, 0.15) is 13.3 Å². The zero-order valence-electron chi connectivity index (χ0n) is 22.4. The van der Waals surface area contributed by atoms with Gasteiger partial charge in [-0.1, -0.05) is 13.5 Å². The molecular weight excluding hydrogens is 629 g/mol. The van der Waals surface area contributed by atoms with Gasteiger partial charge < -0.3 is 54.8 Å². The molecule has 0 aromatic carbocycles. The van der Waals surface area contributed by atoms with Crippen LogP contribution in [0.4, 0.5) is 0 Å². The highest BCUT2D eigenvalue weighted by atomic mass is 28.6. The summed E-state index contributed by atoms with van der Waals surface area (Å²) in [6, 6.07) is 0.918. The normalized spacial score (nSPS) is 51.7. The van der Waals surface area contributed by atoms with Gasteiger partial charge in [0.05, 0.1) is 6.61 Å². The lowest BCUT2D eigenvalue weighted by Crippen LogP contribution is -2.82. The van der Waals surface area contributed by atoms with E-state index in [1.807, 2.05) is 6.92 Å². The summed E-state index contributed by atoms with van der Waals surface area (Å²) in [5, 5.41) is 0. The van der Waals surface area contributed by atoms with Gasteiger partial charge in [0, 0.05) is 51.9 Å². The van der Waals surface area contributed by atoms with E-state index in [1.54, 1.807) is 39.3 Å². The van der Waals surface area contributed by atoms with Crippen LogP contribution in [0.15, 0.2) is 12.7 Å². The number of hydrogen-bond donors (Lipinski definition) is 1. The van der Waals surface area contributed by atoms with Crippen molar-refractivity contribution in [3.8, 4) is 0 Å². The van der Waals surface area contributed by atoms with Gasteiger partial charge in [-0.25, -0.2) is 4.79 Å². The van der Waals surface area contributed by atoms with Crippen LogP contribution >= 0.6 is 0 Å². The van der Waals surface area contributed by atoms with Crippen molar-refractivity contribution >= 4 is 76.2 Å². The molecule has 4 atom stereocenters. The van der Waals surface area contributed by atoms with Crippen LogP contribution in [0, 0.1) is 0 Å². The Bertz CT molecular complexity index is 895. The van der Waals surface area contributed by atoms with E-state index in [0.29, 0.717) is 18.5 Å². The molecule has 4 saturated heterocycles. The van der Waals surface area contributed by atoms with Crippen LogP contribution in [0.2, 0.25) is 57.9 Å². The first-order valence-electron chi connectivity index (χ1n) is 12.0. The second-order valence-corrected chi connectivity index (χ2v) is 34.1. The Labute approximate surface area is 225 Å². The molecule has 6 bridgehead atoms. The average molecular weight is 665 g/mol. The van der Waals surface area contributed by atoms with Crippen molar-refractivity contribution in [1.29, 1.82) is 0 Å². The minimum atomic E-state index is -3.89. The van der Waals surface area contributed by atoms with Gasteiger partial charge in [0.1, 0.15) is 0 Å². The highest BCUT2D eigenvalue weighted by Gasteiger charge is 2.74. The molecule has 4 fully saturated rings. The lowest BCUT2D eigenvalue weighted by Gasteiger charge is -2.57. The minimum absolute atomic E-state index is 0.150. The summed E-state index contributed by atoms with van der Waals surface area (Å²) >= 11 is 0. The lowest BCUT2D eigenvalue weighted by atomic mass is 10.5. The van der Waals surface area contributed by atoms with E-state index >= 15 is 0 Å². The summed E-state index contributed by atoms with van der Waals surface area (Å²) in [7, 11) is -29.1. The first-order chi connectivity index (χ1) is 16.8. The first kappa shape index (κ1) is 30.4. The maximum Gasteiger partial charge on any atom is 0.480 e. The van der Waals surface area contributed by atoms with Crippen molar-refractivity contribution < 1.29 is 59.6 Å². The predicted molar refractivity (Wildman–Crippen MR) is 142 cm³/mol. The molecule has 0 aliphatic carbocycles. The molecule has 0 spiro atoms. The van der Waals surface area contributed by atoms with Crippen LogP contribution in [-0.2, 0) is 54.8 Å². The molecule has 4 heterocycles. The molecule has 212 valence electrons. The van der Waals surface area contributed by atoms with E-state index < -0.39 is 76.2 Å². The van der Waals surface area contributed by atoms with Crippen LogP contribution < -0.4 is 0 Å². The average Bonchev–Trinajstić information content (AvgIpc) is 2.63. The highest BCUT2D eigenvalue weighted by molar-refractivity contribution is 7.00. The second kappa shape index (κ2) is 9.78. The molecule has 4 aliphatic rings. The van der Waals surface area contributed by atoms with E-state index in [0.717, 1.165) is 6.08 Å². The number of fused-ring (bicyclic) bond motifs is 4. The van der Waals surface area contributed by atoms with Gasteiger partial charge in [-0.05, 0) is 18.5 Å². The fourth-order valence-electron chi connectivity index (χ4n) is 5.13. The van der Waals surface area contributed by atoms with Gasteiger partial charge in [0.15, 0.2) is 0 Å². The summed E-state index contributed by atoms with van der Waals surface area (Å²) in [4.78, 5) is 22.7. The van der Waals surface area contributed by atoms with Crippen molar-refractivity contribution in [2.24, 2.45) is 0 Å². The highest BCUT2D eigenvalue weighted by Crippen LogP contribution is 2.45. The fourth-order valence-corrected chi connectivity index (χ4v) is 48.7. The smallest absolute Gasteiger partial charge is 0.463 e. The molecule has 4 unspecified atom stereocenters. The molecule has 14 nitrogen and oxygen atoms in total. The molecular formula is C15H36O14Si8. The Hall–Kier alpha value is 0.465. The molecule has 37 heavy (non-hydrogen) atoms. The molecule has 4 aliphatic heterocycles. The van der Waals surface area contributed by atoms with E-state index in [1.165, 1.54) is 6.55 Å². The molecule has 4 rings (SSSR count). The van der Waals surface area contributed by atoms with E-state index in [4.69, 9.17) is 50.0 Å². The van der Waals surface area contributed by atoms with Crippen LogP contribution in [0.5, 0.6) is 0 Å². The van der Waals surface area contributed by atoms with E-state index in [9.17, 15) is 9.59 Å². The van der Waals surface area contributed by atoms with Crippen LogP contribution in [0.25, 0.3) is 0 Å². The Morgan fingerprint density at radius 1 is 0.703 bits per heavy atom. The van der Waals surface area contributed by atoms with Gasteiger partial charge >= 0.3 is 76.2 Å². The van der Waals surface area contributed by atoms with Crippen LogP contribution in [0.3, 0.4) is 0 Å². The number of hydrogen-bond acceptors (Lipinski definition) is 14. The van der Waals surface area contributed by atoms with E-state index in [-0.39, 0.29) is 6.61 Å². The van der Waals surface area contributed by atoms with Crippen molar-refractivity contribution in [2.75, 3.05) is 6.61 Å². The number of rotatable bonds is 6. The third-order valence-electron chi connectivity index (χ3n) is 5.74. The molecule has 22 heteroatoms. The second-order valence-electron chi connectivity index (χ2n) is 9.93. The SMILES string of the molecule is C=CC(=O)OCCC[Si]1(CC)O[Si]2(C)O[Si]3(C)O[Si](C)(O)O[Si]4(C)O[Si](C)(O1)O[Si](C)(O2)O[Si](C)(O3)O4. The summed E-state index contributed by atoms with van der Waals surface area (Å²) in [5.74, 6) is -0.510. The molecule has 0 saturated carbocycles. The number of carbonyl (C=O) groups is 1. The Morgan fingerprint density at radius 3 is 1.41 bits per heavy atom. The summed E-state index contributed by atoms with van der Waals surface area (Å²) in [5.41, 5.74) is 0. The van der Waals surface area contributed by atoms with Gasteiger partial charge in [-0.15, -0.1) is 0 Å². The minimum Gasteiger partial charge on any atom is -0.463 e. The Morgan fingerprint density at radius 2 is 1.05 bits per heavy atom. The van der Waals surface area contributed by atoms with Crippen molar-refractivity contribution in [2.45, 2.75) is 71.3 Å². The summed E-state index contributed by atoms with van der Waals surface area (Å²) in [6.07, 6.45) is 1.57. The van der Waals surface area contributed by atoms with Crippen LogP contribution in [-0.4, -0.2) is 87.6 Å². The molecule has 0 aromatic heterocycles. The molecule has 1 N–H and O–H groups in total. The van der Waals surface area contributed by atoms with Gasteiger partial charge in [0.2, 0.25) is 0 Å². The Kier molecular flexibility index (Phi) is 8.05. The maximum atomic E-state index is 11.5. The van der Waals surface area contributed by atoms with E-state index in [2.05, 4.69) is 6.58 Å². The summed E-state index contributed by atoms with van der Waals surface area (Å²) in [6.45, 7) is 17.0. The maximum absolute atomic E-state index is 11.5. The third-order valence-corrected chi connectivity index (χ3v) is 40.6. The largest absolute Gasteiger partial charge is 0.480 e. The first-order valence-corrected chi connectivity index (χ1v) is 29.9. The zero-order chi connectivity index (χ0) is 27.6. The van der Waals surface area contributed by atoms with Crippen molar-refractivity contribution in [1.82, 2.24) is 0 Å². The standard InChI is InChI=1S/C15H36O14Si8/c1-10-15(16)18-13-12-14-37(11-2)28-35(8)23-31(4)19-30(3,17)20-32(5)22-33(6,21-31)25-34(7,26-35)27-36(9,24-32)29-37/h10,17H,1,11-14H2,2-9H3. The van der Waals surface area contributed by atoms with Gasteiger partial charge in [-0.2, -0.15) is 0 Å². The lowest BCUT2D eigenvalue weighted by molar-refractivity contribution is -0.137. The topological polar surface area (TPSA) is 148 Å². The molecule has 0 amide bonds. The summed E-state index contributed by atoms with van der Waals surface area (Å²) < 4.78 is 76.6. The zero-order valence-corrected chi connectivity index (χ0v) is 30.4. The quantitative estimate of drug-likeness (QED) is 0.190. The van der Waals surface area contributed by atoms with Gasteiger partial charge in [0.25, 0.3) is 0 Å². The third kappa shape index (κ3) is 6.86. The fraction of sp³-hybridized carbons (Fsp3) is 0.800. The van der Waals surface area contributed by atoms with Crippen molar-refractivity contribution in [3.05, 3.63) is 12.7 Å². The molecule has 0 radical (unpaired) electrons. The van der Waals surface area contributed by atoms with Crippen molar-refractivity contribution in [3.63, 3.8) is 0 Å². The number of carbonyl (C=O) groups excluding carboxylic acids is 1. The number of ether oxygens (including phenoxy) is 1.